The predicted octanol–water partition coefficient (Wildman–Crippen LogP) is 1.46. The van der Waals surface area contributed by atoms with Gasteiger partial charge in [-0.3, -0.25) is 4.79 Å². The van der Waals surface area contributed by atoms with E-state index < -0.39 is 12.0 Å². The van der Waals surface area contributed by atoms with Crippen molar-refractivity contribution in [1.29, 1.82) is 0 Å². The minimum atomic E-state index is -0.962. The quantitative estimate of drug-likeness (QED) is 0.536. The van der Waals surface area contributed by atoms with Gasteiger partial charge >= 0.3 is 5.97 Å². The van der Waals surface area contributed by atoms with E-state index in [1.54, 1.807) is 11.8 Å². The molecule has 0 aliphatic rings. The largest absolute Gasteiger partial charge is 0.480 e. The molecule has 0 aromatic rings. The van der Waals surface area contributed by atoms with Crippen molar-refractivity contribution in [2.75, 3.05) is 18.6 Å². The third-order valence-electron chi connectivity index (χ3n) is 3.18. The molecule has 0 aromatic heterocycles. The lowest BCUT2D eigenvalue weighted by Crippen LogP contribution is -2.41. The van der Waals surface area contributed by atoms with E-state index in [4.69, 9.17) is 10.8 Å². The maximum atomic E-state index is 11.7. The average Bonchev–Trinajstić information content (AvgIpc) is 2.38. The van der Waals surface area contributed by atoms with Crippen molar-refractivity contribution < 1.29 is 14.7 Å². The summed E-state index contributed by atoms with van der Waals surface area (Å²) in [7, 11) is 0. The summed E-state index contributed by atoms with van der Waals surface area (Å²) >= 11 is 1.57. The van der Waals surface area contributed by atoms with Crippen molar-refractivity contribution >= 4 is 23.6 Å². The second-order valence-corrected chi connectivity index (χ2v) is 5.62. The molecule has 0 aromatic carbocycles. The Kier molecular flexibility index (Phi) is 10.7. The van der Waals surface area contributed by atoms with Crippen LogP contribution in [-0.2, 0) is 9.59 Å². The fourth-order valence-electron chi connectivity index (χ4n) is 1.88. The lowest BCUT2D eigenvalue weighted by atomic mass is 9.96. The molecular weight excluding hydrogens is 264 g/mol. The number of amides is 1. The third kappa shape index (κ3) is 8.88. The smallest absolute Gasteiger partial charge is 0.326 e. The number of nitrogens with two attached hydrogens (primary N) is 1. The molecule has 0 radical (unpaired) electrons. The van der Waals surface area contributed by atoms with Gasteiger partial charge in [-0.2, -0.15) is 11.8 Å². The SMILES string of the molecule is CCC(CCN)CCC(=O)N[C@H](CCSC)C(=O)O. The molecule has 0 aliphatic heterocycles. The van der Waals surface area contributed by atoms with Crippen molar-refractivity contribution in [3.05, 3.63) is 0 Å². The van der Waals surface area contributed by atoms with Crippen molar-refractivity contribution in [1.82, 2.24) is 5.32 Å². The molecule has 0 bridgehead atoms. The zero-order chi connectivity index (χ0) is 14.7. The first-order chi connectivity index (χ1) is 9.04. The van der Waals surface area contributed by atoms with E-state index in [0.29, 0.717) is 25.3 Å². The molecular formula is C13H26N2O3S. The molecule has 1 unspecified atom stereocenters. The van der Waals surface area contributed by atoms with Crippen LogP contribution in [0.1, 0.15) is 39.0 Å². The summed E-state index contributed by atoms with van der Waals surface area (Å²) in [6.07, 6.45) is 5.44. The summed E-state index contributed by atoms with van der Waals surface area (Å²) in [5, 5.41) is 11.6. The summed E-state index contributed by atoms with van der Waals surface area (Å²) < 4.78 is 0. The van der Waals surface area contributed by atoms with Crippen LogP contribution in [0.3, 0.4) is 0 Å². The van der Waals surface area contributed by atoms with Crippen LogP contribution >= 0.6 is 11.8 Å². The van der Waals surface area contributed by atoms with Crippen LogP contribution in [0, 0.1) is 5.92 Å². The van der Waals surface area contributed by atoms with E-state index in [1.807, 2.05) is 6.26 Å². The Labute approximate surface area is 119 Å². The molecule has 0 aliphatic carbocycles. The van der Waals surface area contributed by atoms with Gasteiger partial charge in [0.25, 0.3) is 0 Å². The Hall–Kier alpha value is -0.750. The highest BCUT2D eigenvalue weighted by Gasteiger charge is 2.19. The zero-order valence-electron chi connectivity index (χ0n) is 11.9. The maximum absolute atomic E-state index is 11.7. The summed E-state index contributed by atoms with van der Waals surface area (Å²) in [5.41, 5.74) is 5.51. The van der Waals surface area contributed by atoms with Crippen molar-refractivity contribution in [2.45, 2.75) is 45.1 Å². The first-order valence-electron chi connectivity index (χ1n) is 6.76. The van der Waals surface area contributed by atoms with E-state index in [0.717, 1.165) is 25.0 Å². The minimum Gasteiger partial charge on any atom is -0.480 e. The van der Waals surface area contributed by atoms with Gasteiger partial charge < -0.3 is 16.2 Å². The van der Waals surface area contributed by atoms with E-state index in [1.165, 1.54) is 0 Å². The number of carbonyl (C=O) groups is 2. The second kappa shape index (κ2) is 11.1. The molecule has 6 heteroatoms. The summed E-state index contributed by atoms with van der Waals surface area (Å²) in [6.45, 7) is 2.71. The number of rotatable bonds is 11. The molecule has 0 fully saturated rings. The van der Waals surface area contributed by atoms with Gasteiger partial charge in [0.15, 0.2) is 0 Å². The molecule has 2 atom stereocenters. The number of hydrogen-bond acceptors (Lipinski definition) is 4. The summed E-state index contributed by atoms with van der Waals surface area (Å²) in [4.78, 5) is 22.7. The molecule has 1 amide bonds. The molecule has 0 heterocycles. The Morgan fingerprint density at radius 1 is 1.32 bits per heavy atom. The lowest BCUT2D eigenvalue weighted by molar-refractivity contribution is -0.141. The van der Waals surface area contributed by atoms with Crippen molar-refractivity contribution in [3.63, 3.8) is 0 Å². The van der Waals surface area contributed by atoms with Gasteiger partial charge in [0.05, 0.1) is 0 Å². The number of thioether (sulfide) groups is 1. The van der Waals surface area contributed by atoms with Crippen molar-refractivity contribution in [2.24, 2.45) is 11.7 Å². The van der Waals surface area contributed by atoms with E-state index in [9.17, 15) is 9.59 Å². The Balaban J connectivity index is 4.07. The second-order valence-electron chi connectivity index (χ2n) is 4.63. The van der Waals surface area contributed by atoms with Crippen LogP contribution in [0.25, 0.3) is 0 Å². The molecule has 5 nitrogen and oxygen atoms in total. The fraction of sp³-hybridized carbons (Fsp3) is 0.846. The Bertz CT molecular complexity index is 275. The summed E-state index contributed by atoms with van der Waals surface area (Å²) in [6, 6.07) is -0.769. The number of carboxylic acid groups (broad SMARTS) is 1. The normalized spacial score (nSPS) is 13.8. The van der Waals surface area contributed by atoms with E-state index >= 15 is 0 Å². The van der Waals surface area contributed by atoms with Crippen LogP contribution in [0.2, 0.25) is 0 Å². The van der Waals surface area contributed by atoms with Crippen molar-refractivity contribution in [3.8, 4) is 0 Å². The predicted molar refractivity (Wildman–Crippen MR) is 79.3 cm³/mol. The van der Waals surface area contributed by atoms with Gasteiger partial charge in [-0.1, -0.05) is 13.3 Å². The highest BCUT2D eigenvalue weighted by atomic mass is 32.2. The molecule has 0 spiro atoms. The molecule has 4 N–H and O–H groups in total. The topological polar surface area (TPSA) is 92.4 Å². The maximum Gasteiger partial charge on any atom is 0.326 e. The number of aliphatic carboxylic acids is 1. The molecule has 19 heavy (non-hydrogen) atoms. The van der Waals surface area contributed by atoms with E-state index in [2.05, 4.69) is 12.2 Å². The van der Waals surface area contributed by atoms with Gasteiger partial charge in [0.1, 0.15) is 6.04 Å². The van der Waals surface area contributed by atoms with Crippen LogP contribution in [0.5, 0.6) is 0 Å². The Morgan fingerprint density at radius 3 is 2.47 bits per heavy atom. The highest BCUT2D eigenvalue weighted by molar-refractivity contribution is 7.98. The van der Waals surface area contributed by atoms with Crippen LogP contribution < -0.4 is 11.1 Å². The molecule has 0 saturated carbocycles. The average molecular weight is 290 g/mol. The van der Waals surface area contributed by atoms with Crippen LogP contribution in [0.15, 0.2) is 0 Å². The monoisotopic (exact) mass is 290 g/mol. The molecule has 0 saturated heterocycles. The first-order valence-corrected chi connectivity index (χ1v) is 8.15. The van der Waals surface area contributed by atoms with Gasteiger partial charge in [-0.25, -0.2) is 4.79 Å². The van der Waals surface area contributed by atoms with Gasteiger partial charge in [0.2, 0.25) is 5.91 Å². The van der Waals surface area contributed by atoms with Crippen LogP contribution in [-0.4, -0.2) is 41.6 Å². The summed E-state index contributed by atoms with van der Waals surface area (Å²) in [5.74, 6) is 0.0350. The van der Waals surface area contributed by atoms with Gasteiger partial charge in [-0.15, -0.1) is 0 Å². The minimum absolute atomic E-state index is 0.177. The standard InChI is InChI=1S/C13H26N2O3S/c1-3-10(6-8-14)4-5-12(16)15-11(13(17)18)7-9-19-2/h10-11H,3-9,14H2,1-2H3,(H,15,16)(H,17,18)/t10?,11-/m1/s1. The van der Waals surface area contributed by atoms with Gasteiger partial charge in [0, 0.05) is 6.42 Å². The number of carboxylic acids is 1. The molecule has 0 rings (SSSR count). The first kappa shape index (κ1) is 18.2. The highest BCUT2D eigenvalue weighted by Crippen LogP contribution is 2.14. The third-order valence-corrected chi connectivity index (χ3v) is 3.82. The fourth-order valence-corrected chi connectivity index (χ4v) is 2.35. The zero-order valence-corrected chi connectivity index (χ0v) is 12.7. The van der Waals surface area contributed by atoms with Crippen LogP contribution in [0.4, 0.5) is 0 Å². The molecule has 112 valence electrons. The number of carbonyl (C=O) groups excluding carboxylic acids is 1. The van der Waals surface area contributed by atoms with Gasteiger partial charge in [-0.05, 0) is 43.7 Å². The Morgan fingerprint density at radius 2 is 2.00 bits per heavy atom. The van der Waals surface area contributed by atoms with E-state index in [-0.39, 0.29) is 5.91 Å². The number of nitrogens with one attached hydrogen (secondary N) is 1. The lowest BCUT2D eigenvalue weighted by Gasteiger charge is -2.16. The number of hydrogen-bond donors (Lipinski definition) is 3.